The van der Waals surface area contributed by atoms with Gasteiger partial charge in [0.05, 0.1) is 14.9 Å². The van der Waals surface area contributed by atoms with Gasteiger partial charge in [-0.05, 0) is 37.5 Å². The highest BCUT2D eigenvalue weighted by Gasteiger charge is 2.26. The Kier molecular flexibility index (Phi) is 13.1. The van der Waals surface area contributed by atoms with Gasteiger partial charge in [0.2, 0.25) is 21.8 Å². The van der Waals surface area contributed by atoms with Crippen molar-refractivity contribution in [1.29, 1.82) is 0 Å². The predicted molar refractivity (Wildman–Crippen MR) is 125 cm³/mol. The van der Waals surface area contributed by atoms with Gasteiger partial charge in [0.25, 0.3) is 0 Å². The predicted octanol–water partition coefficient (Wildman–Crippen LogP) is 4.03. The van der Waals surface area contributed by atoms with Gasteiger partial charge in [-0.2, -0.15) is 4.72 Å². The largest absolute Gasteiger partial charge is 0.356 e. The summed E-state index contributed by atoms with van der Waals surface area (Å²) in [5.41, 5.74) is 0. The van der Waals surface area contributed by atoms with Gasteiger partial charge in [-0.1, -0.05) is 62.7 Å². The van der Waals surface area contributed by atoms with Crippen LogP contribution in [0.15, 0.2) is 23.1 Å². The van der Waals surface area contributed by atoms with E-state index >= 15 is 0 Å². The van der Waals surface area contributed by atoms with E-state index in [1.165, 1.54) is 18.2 Å². The van der Waals surface area contributed by atoms with Crippen LogP contribution >= 0.6 is 23.2 Å². The van der Waals surface area contributed by atoms with Crippen molar-refractivity contribution in [3.63, 3.8) is 0 Å². The summed E-state index contributed by atoms with van der Waals surface area (Å²) in [5, 5.41) is 5.87. The molecule has 1 aromatic rings. The minimum absolute atomic E-state index is 0.0308. The summed E-state index contributed by atoms with van der Waals surface area (Å²) in [6.45, 7) is 5.14. The van der Waals surface area contributed by atoms with Crippen LogP contribution in [0.3, 0.4) is 0 Å². The number of benzene rings is 1. The van der Waals surface area contributed by atoms with Gasteiger partial charge in [0.1, 0.15) is 6.04 Å². The first kappa shape index (κ1) is 27.7. The normalized spacial score (nSPS) is 12.4. The molecular weight excluding hydrogens is 461 g/mol. The van der Waals surface area contributed by atoms with Crippen molar-refractivity contribution in [1.82, 2.24) is 15.4 Å². The Morgan fingerprint density at radius 2 is 1.55 bits per heavy atom. The fourth-order valence-electron chi connectivity index (χ4n) is 2.82. The zero-order valence-corrected chi connectivity index (χ0v) is 20.5. The number of rotatable bonds is 15. The highest BCUT2D eigenvalue weighted by Crippen LogP contribution is 2.25. The van der Waals surface area contributed by atoms with Gasteiger partial charge in [-0.15, -0.1) is 0 Å². The van der Waals surface area contributed by atoms with Crippen molar-refractivity contribution in [3.05, 3.63) is 28.2 Å². The second-order valence-corrected chi connectivity index (χ2v) is 9.87. The number of carbonyl (C=O) groups excluding carboxylic acids is 2. The standard InChI is InChI=1S/C21H33Cl2N3O4S/c1-3-5-7-13-24-20(27)12-11-19(21(28)25-14-8-6-4-2)26-31(29,30)16-9-10-17(22)18(23)15-16/h9-10,15,19,26H,3-8,11-14H2,1-2H3,(H,24,27)(H,25,28)/t19-/m0/s1. The second-order valence-electron chi connectivity index (χ2n) is 7.34. The number of hydrogen-bond donors (Lipinski definition) is 3. The molecule has 0 fully saturated rings. The summed E-state index contributed by atoms with van der Waals surface area (Å²) in [4.78, 5) is 24.6. The number of unbranched alkanes of at least 4 members (excludes halogenated alkanes) is 4. The molecule has 0 aliphatic heterocycles. The minimum atomic E-state index is -4.04. The zero-order valence-electron chi connectivity index (χ0n) is 18.2. The maximum absolute atomic E-state index is 12.8. The van der Waals surface area contributed by atoms with E-state index in [0.29, 0.717) is 13.1 Å². The first-order valence-corrected chi connectivity index (χ1v) is 13.0. The highest BCUT2D eigenvalue weighted by molar-refractivity contribution is 7.89. The Morgan fingerprint density at radius 1 is 0.935 bits per heavy atom. The SMILES string of the molecule is CCCCCNC(=O)CC[C@H](NS(=O)(=O)c1ccc(Cl)c(Cl)c1)C(=O)NCCCCC. The van der Waals surface area contributed by atoms with Crippen molar-refractivity contribution in [2.75, 3.05) is 13.1 Å². The molecule has 1 rings (SSSR count). The summed E-state index contributed by atoms with van der Waals surface area (Å²) in [5.74, 6) is -0.674. The highest BCUT2D eigenvalue weighted by atomic mass is 35.5. The molecule has 0 unspecified atom stereocenters. The fraction of sp³-hybridized carbons (Fsp3) is 0.619. The summed E-state index contributed by atoms with van der Waals surface area (Å²) < 4.78 is 28.0. The van der Waals surface area contributed by atoms with Gasteiger partial charge in [0, 0.05) is 19.5 Å². The van der Waals surface area contributed by atoms with Crippen molar-refractivity contribution < 1.29 is 18.0 Å². The molecule has 31 heavy (non-hydrogen) atoms. The Morgan fingerprint density at radius 3 is 2.13 bits per heavy atom. The lowest BCUT2D eigenvalue weighted by Crippen LogP contribution is -2.47. The average molecular weight is 494 g/mol. The molecule has 0 saturated heterocycles. The first-order chi connectivity index (χ1) is 14.7. The number of nitrogens with one attached hydrogen (secondary N) is 3. The smallest absolute Gasteiger partial charge is 0.241 e. The lowest BCUT2D eigenvalue weighted by Gasteiger charge is -2.19. The summed E-state index contributed by atoms with van der Waals surface area (Å²) in [6, 6.07) is 2.83. The summed E-state index contributed by atoms with van der Waals surface area (Å²) >= 11 is 11.8. The average Bonchev–Trinajstić information content (AvgIpc) is 2.73. The lowest BCUT2D eigenvalue weighted by atomic mass is 10.1. The van der Waals surface area contributed by atoms with Crippen molar-refractivity contribution >= 4 is 45.0 Å². The van der Waals surface area contributed by atoms with E-state index in [1.54, 1.807) is 0 Å². The van der Waals surface area contributed by atoms with Crippen LogP contribution in [0.2, 0.25) is 10.0 Å². The quantitative estimate of drug-likeness (QED) is 0.320. The molecule has 1 atom stereocenters. The van der Waals surface area contributed by atoms with Crippen LogP contribution in [0.1, 0.15) is 65.2 Å². The van der Waals surface area contributed by atoms with Gasteiger partial charge in [-0.3, -0.25) is 9.59 Å². The molecule has 7 nitrogen and oxygen atoms in total. The van der Waals surface area contributed by atoms with Gasteiger partial charge >= 0.3 is 0 Å². The van der Waals surface area contributed by atoms with Crippen LogP contribution in [0, 0.1) is 0 Å². The third kappa shape index (κ3) is 10.7. The molecule has 0 aromatic heterocycles. The Hall–Kier alpha value is -1.35. The summed E-state index contributed by atoms with van der Waals surface area (Å²) in [7, 11) is -4.04. The molecule has 0 saturated carbocycles. The van der Waals surface area contributed by atoms with E-state index < -0.39 is 22.0 Å². The van der Waals surface area contributed by atoms with E-state index in [1.807, 2.05) is 0 Å². The molecule has 1 aromatic carbocycles. The fourth-order valence-corrected chi connectivity index (χ4v) is 4.44. The minimum Gasteiger partial charge on any atom is -0.356 e. The monoisotopic (exact) mass is 493 g/mol. The molecule has 0 bridgehead atoms. The number of hydrogen-bond acceptors (Lipinski definition) is 4. The third-order valence-corrected chi connectivity index (χ3v) is 6.87. The Labute approximate surface area is 195 Å². The van der Waals surface area contributed by atoms with E-state index in [9.17, 15) is 18.0 Å². The van der Waals surface area contributed by atoms with E-state index in [4.69, 9.17) is 23.2 Å². The third-order valence-electron chi connectivity index (χ3n) is 4.66. The van der Waals surface area contributed by atoms with Gasteiger partial charge < -0.3 is 10.6 Å². The molecule has 0 radical (unpaired) electrons. The molecule has 2 amide bonds. The van der Waals surface area contributed by atoms with Crippen LogP contribution in [0.4, 0.5) is 0 Å². The van der Waals surface area contributed by atoms with Crippen LogP contribution in [-0.2, 0) is 19.6 Å². The number of halogens is 2. The van der Waals surface area contributed by atoms with Gasteiger partial charge in [0.15, 0.2) is 0 Å². The van der Waals surface area contributed by atoms with Crippen LogP contribution in [-0.4, -0.2) is 39.4 Å². The molecule has 3 N–H and O–H groups in total. The van der Waals surface area contributed by atoms with Crippen LogP contribution in [0.25, 0.3) is 0 Å². The van der Waals surface area contributed by atoms with Crippen molar-refractivity contribution in [2.24, 2.45) is 0 Å². The Bertz CT molecular complexity index is 819. The molecular formula is C21H33Cl2N3O4S. The molecule has 0 heterocycles. The molecule has 0 aliphatic carbocycles. The van der Waals surface area contributed by atoms with Crippen LogP contribution < -0.4 is 15.4 Å². The van der Waals surface area contributed by atoms with E-state index in [-0.39, 0.29) is 33.7 Å². The Balaban J connectivity index is 2.82. The van der Waals surface area contributed by atoms with Crippen molar-refractivity contribution in [3.8, 4) is 0 Å². The topological polar surface area (TPSA) is 104 Å². The zero-order chi connectivity index (χ0) is 23.3. The van der Waals surface area contributed by atoms with Gasteiger partial charge in [-0.25, -0.2) is 8.42 Å². The van der Waals surface area contributed by atoms with Crippen molar-refractivity contribution in [2.45, 2.75) is 76.2 Å². The molecule has 0 aliphatic rings. The van der Waals surface area contributed by atoms with E-state index in [2.05, 4.69) is 29.2 Å². The number of sulfonamides is 1. The first-order valence-electron chi connectivity index (χ1n) is 10.7. The number of amides is 2. The molecule has 176 valence electrons. The molecule has 10 heteroatoms. The van der Waals surface area contributed by atoms with E-state index in [0.717, 1.165) is 38.5 Å². The summed E-state index contributed by atoms with van der Waals surface area (Å²) in [6.07, 6.45) is 5.78. The van der Waals surface area contributed by atoms with Crippen LogP contribution in [0.5, 0.6) is 0 Å². The maximum atomic E-state index is 12.8. The lowest BCUT2D eigenvalue weighted by molar-refractivity contribution is -0.123. The second kappa shape index (κ2) is 14.7. The number of carbonyl (C=O) groups is 2. The maximum Gasteiger partial charge on any atom is 0.241 e. The molecule has 0 spiro atoms.